The van der Waals surface area contributed by atoms with Crippen LogP contribution in [0, 0.1) is 17.3 Å². The van der Waals surface area contributed by atoms with E-state index in [1.54, 1.807) is 0 Å². The van der Waals surface area contributed by atoms with E-state index in [1.807, 2.05) is 6.08 Å². The number of ether oxygens (including phenoxy) is 2. The lowest BCUT2D eigenvalue weighted by Gasteiger charge is -2.56. The summed E-state index contributed by atoms with van der Waals surface area (Å²) in [4.78, 5) is 11.4. The van der Waals surface area contributed by atoms with E-state index in [0.29, 0.717) is 19.1 Å². The van der Waals surface area contributed by atoms with Crippen LogP contribution in [0.2, 0.25) is 0 Å². The molecule has 92 valence electrons. The molecule has 3 heteroatoms. The van der Waals surface area contributed by atoms with Crippen LogP contribution in [0.25, 0.3) is 0 Å². The molecule has 1 aliphatic heterocycles. The average molecular weight is 234 g/mol. The first-order chi connectivity index (χ1) is 8.26. The summed E-state index contributed by atoms with van der Waals surface area (Å²) in [5.41, 5.74) is -0.332. The van der Waals surface area contributed by atoms with Gasteiger partial charge in [0.25, 0.3) is 0 Å². The van der Waals surface area contributed by atoms with E-state index in [-0.39, 0.29) is 11.3 Å². The van der Waals surface area contributed by atoms with Gasteiger partial charge in [0.15, 0.2) is 5.79 Å². The highest BCUT2D eigenvalue weighted by molar-refractivity contribution is 5.58. The van der Waals surface area contributed by atoms with Gasteiger partial charge < -0.3 is 14.3 Å². The molecule has 2 bridgehead atoms. The molecular formula is C14H18O3. The van der Waals surface area contributed by atoms with Gasteiger partial charge in [0.05, 0.1) is 18.6 Å². The van der Waals surface area contributed by atoms with Gasteiger partial charge in [-0.05, 0) is 18.8 Å². The molecule has 0 aromatic rings. The van der Waals surface area contributed by atoms with Crippen LogP contribution in [0.4, 0.5) is 0 Å². The molecule has 4 aliphatic rings. The zero-order valence-corrected chi connectivity index (χ0v) is 9.93. The Morgan fingerprint density at radius 1 is 1.41 bits per heavy atom. The van der Waals surface area contributed by atoms with E-state index in [1.165, 1.54) is 0 Å². The van der Waals surface area contributed by atoms with Gasteiger partial charge >= 0.3 is 0 Å². The molecule has 17 heavy (non-hydrogen) atoms. The molecule has 0 amide bonds. The Kier molecular flexibility index (Phi) is 2.49. The Morgan fingerprint density at radius 3 is 2.82 bits per heavy atom. The van der Waals surface area contributed by atoms with Crippen molar-refractivity contribution < 1.29 is 14.3 Å². The molecule has 0 N–H and O–H groups in total. The first-order valence-electron chi connectivity index (χ1n) is 6.30. The lowest BCUT2D eigenvalue weighted by atomic mass is 9.54. The Balaban J connectivity index is 2.08. The minimum Gasteiger partial charge on any atom is -0.347 e. The highest BCUT2D eigenvalue weighted by atomic mass is 16.7. The third kappa shape index (κ3) is 1.33. The average Bonchev–Trinajstić information content (AvgIpc) is 2.80. The molecular weight excluding hydrogens is 216 g/mol. The number of fused-ring (bicyclic) bond motifs is 1. The summed E-state index contributed by atoms with van der Waals surface area (Å²) < 4.78 is 11.8. The lowest BCUT2D eigenvalue weighted by Crippen LogP contribution is -2.59. The molecule has 4 rings (SSSR count). The molecule has 1 spiro atoms. The van der Waals surface area contributed by atoms with Crippen LogP contribution in [0.5, 0.6) is 0 Å². The molecule has 1 heterocycles. The van der Waals surface area contributed by atoms with Crippen LogP contribution in [0.3, 0.4) is 0 Å². The van der Waals surface area contributed by atoms with Crippen LogP contribution in [0.1, 0.15) is 19.3 Å². The van der Waals surface area contributed by atoms with E-state index < -0.39 is 5.79 Å². The van der Waals surface area contributed by atoms with Gasteiger partial charge in [-0.25, -0.2) is 0 Å². The monoisotopic (exact) mass is 234 g/mol. The van der Waals surface area contributed by atoms with Crippen LogP contribution in [0.15, 0.2) is 24.8 Å². The third-order valence-electron chi connectivity index (χ3n) is 4.52. The standard InChI is InChI=1S/C14H18O3/c1-2-4-13-5-3-11(8-12(13)10-15)9-14(13)16-6-7-17-14/h2-3,5,10-12H,1,4,6-9H2/t11-,12-,13+/m1/s1. The van der Waals surface area contributed by atoms with E-state index in [2.05, 4.69) is 18.7 Å². The molecule has 0 aromatic heterocycles. The predicted octanol–water partition coefficient (Wildman–Crippen LogP) is 2.09. The van der Waals surface area contributed by atoms with Gasteiger partial charge in [0, 0.05) is 12.3 Å². The summed E-state index contributed by atoms with van der Waals surface area (Å²) in [6.07, 6.45) is 9.85. The number of carbonyl (C=O) groups excluding carboxylic acids is 1. The maximum Gasteiger partial charge on any atom is 0.179 e. The lowest BCUT2D eigenvalue weighted by molar-refractivity contribution is -0.263. The van der Waals surface area contributed by atoms with Crippen molar-refractivity contribution in [3.63, 3.8) is 0 Å². The third-order valence-corrected chi connectivity index (χ3v) is 4.52. The quantitative estimate of drug-likeness (QED) is 0.554. The molecule has 3 nitrogen and oxygen atoms in total. The summed E-state index contributed by atoms with van der Waals surface area (Å²) in [7, 11) is 0. The van der Waals surface area contributed by atoms with Gasteiger partial charge in [-0.3, -0.25) is 0 Å². The van der Waals surface area contributed by atoms with E-state index in [4.69, 9.17) is 9.47 Å². The normalized spacial score (nSPS) is 41.9. The van der Waals surface area contributed by atoms with Crippen molar-refractivity contribution >= 4 is 6.29 Å². The second-order valence-electron chi connectivity index (χ2n) is 5.28. The van der Waals surface area contributed by atoms with Crippen molar-refractivity contribution in [1.82, 2.24) is 0 Å². The number of carbonyl (C=O) groups is 1. The highest BCUT2D eigenvalue weighted by Crippen LogP contribution is 2.59. The van der Waals surface area contributed by atoms with Crippen molar-refractivity contribution in [2.45, 2.75) is 25.0 Å². The Hall–Kier alpha value is -0.930. The molecule has 1 saturated heterocycles. The van der Waals surface area contributed by atoms with Crippen molar-refractivity contribution in [2.75, 3.05) is 13.2 Å². The number of rotatable bonds is 3. The molecule has 0 unspecified atom stereocenters. The zero-order valence-electron chi connectivity index (χ0n) is 9.93. The first kappa shape index (κ1) is 11.2. The van der Waals surface area contributed by atoms with Crippen molar-refractivity contribution in [3.8, 4) is 0 Å². The van der Waals surface area contributed by atoms with Gasteiger partial charge in [-0.1, -0.05) is 18.2 Å². The molecule has 3 atom stereocenters. The zero-order chi connectivity index (χ0) is 11.9. The van der Waals surface area contributed by atoms with Gasteiger partial charge in [0.2, 0.25) is 0 Å². The topological polar surface area (TPSA) is 35.5 Å². The summed E-state index contributed by atoms with van der Waals surface area (Å²) >= 11 is 0. The number of allylic oxidation sites excluding steroid dienone is 2. The second kappa shape index (κ2) is 3.79. The molecule has 1 saturated carbocycles. The summed E-state index contributed by atoms with van der Waals surface area (Å²) in [5.74, 6) is -0.179. The van der Waals surface area contributed by atoms with E-state index in [0.717, 1.165) is 25.5 Å². The maximum absolute atomic E-state index is 11.4. The van der Waals surface area contributed by atoms with E-state index in [9.17, 15) is 4.79 Å². The molecule has 3 aliphatic carbocycles. The Bertz CT molecular complexity index is 368. The maximum atomic E-state index is 11.4. The van der Waals surface area contributed by atoms with Crippen LogP contribution >= 0.6 is 0 Å². The van der Waals surface area contributed by atoms with Crippen LogP contribution in [-0.2, 0) is 14.3 Å². The molecule has 2 fully saturated rings. The Morgan fingerprint density at radius 2 is 2.18 bits per heavy atom. The molecule has 0 aromatic carbocycles. The minimum atomic E-state index is -0.579. The van der Waals surface area contributed by atoms with Crippen molar-refractivity contribution in [1.29, 1.82) is 0 Å². The minimum absolute atomic E-state index is 0.0117. The van der Waals surface area contributed by atoms with Gasteiger partial charge in [-0.15, -0.1) is 6.58 Å². The SMILES string of the molecule is C=CC[C@]12C=C[C@H](C[C@@H]1C=O)CC21OCCO1. The largest absolute Gasteiger partial charge is 0.347 e. The Labute approximate surface area is 101 Å². The summed E-state index contributed by atoms with van der Waals surface area (Å²) in [5, 5.41) is 0. The molecule has 0 radical (unpaired) electrons. The fraction of sp³-hybridized carbons (Fsp3) is 0.643. The van der Waals surface area contributed by atoms with Gasteiger partial charge in [0.1, 0.15) is 6.29 Å². The van der Waals surface area contributed by atoms with Gasteiger partial charge in [-0.2, -0.15) is 0 Å². The highest BCUT2D eigenvalue weighted by Gasteiger charge is 2.63. The smallest absolute Gasteiger partial charge is 0.179 e. The van der Waals surface area contributed by atoms with Crippen LogP contribution < -0.4 is 0 Å². The van der Waals surface area contributed by atoms with Crippen LogP contribution in [-0.4, -0.2) is 25.3 Å². The van der Waals surface area contributed by atoms with Crippen molar-refractivity contribution in [2.24, 2.45) is 17.3 Å². The fourth-order valence-corrected chi connectivity index (χ4v) is 3.77. The first-order valence-corrected chi connectivity index (χ1v) is 6.30. The van der Waals surface area contributed by atoms with E-state index >= 15 is 0 Å². The second-order valence-corrected chi connectivity index (χ2v) is 5.28. The van der Waals surface area contributed by atoms with Crippen molar-refractivity contribution in [3.05, 3.63) is 24.8 Å². The summed E-state index contributed by atoms with van der Waals surface area (Å²) in [6, 6.07) is 0. The fourth-order valence-electron chi connectivity index (χ4n) is 3.77. The predicted molar refractivity (Wildman–Crippen MR) is 63.3 cm³/mol. The number of hydrogen-bond donors (Lipinski definition) is 0. The number of hydrogen-bond acceptors (Lipinski definition) is 3. The number of aldehydes is 1. The summed E-state index contributed by atoms with van der Waals surface area (Å²) in [6.45, 7) is 5.09.